The average Bonchev–Trinajstić information content (AvgIpc) is 2.11. The van der Waals surface area contributed by atoms with Crippen molar-refractivity contribution in [3.63, 3.8) is 0 Å². The van der Waals surface area contributed by atoms with Gasteiger partial charge in [0.05, 0.1) is 0 Å². The van der Waals surface area contributed by atoms with Gasteiger partial charge in [-0.3, -0.25) is 18.3 Å². The van der Waals surface area contributed by atoms with E-state index in [1.807, 2.05) is 0 Å². The van der Waals surface area contributed by atoms with Gasteiger partial charge in [0.25, 0.3) is 5.08 Å². The van der Waals surface area contributed by atoms with Crippen molar-refractivity contribution < 1.29 is 57.0 Å². The third-order valence-corrected chi connectivity index (χ3v) is 11.5. The molecule has 0 aromatic heterocycles. The quantitative estimate of drug-likeness (QED) is 0.297. The predicted molar refractivity (Wildman–Crippen MR) is 64.9 cm³/mol. The molecule has 7 N–H and O–H groups in total. The molecule has 16 heteroatoms. The van der Waals surface area contributed by atoms with Crippen molar-refractivity contribution in [1.29, 1.82) is 0 Å². The summed E-state index contributed by atoms with van der Waals surface area (Å²) in [6, 6.07) is 0. The van der Waals surface area contributed by atoms with Crippen LogP contribution in [-0.4, -0.2) is 45.0 Å². The molecule has 0 aliphatic carbocycles. The molecule has 0 saturated carbocycles. The van der Waals surface area contributed by atoms with Gasteiger partial charge in [0.2, 0.25) is 0 Å². The number of hydrogen-bond acceptors (Lipinski definition) is 6. The first-order valence-corrected chi connectivity index (χ1v) is 11.1. The van der Waals surface area contributed by atoms with Gasteiger partial charge in [0.1, 0.15) is 0 Å². The highest BCUT2D eigenvalue weighted by molar-refractivity contribution is 7.79. The van der Waals surface area contributed by atoms with E-state index < -0.39 is 40.9 Å². The van der Waals surface area contributed by atoms with E-state index in [4.69, 9.17) is 19.6 Å². The molecule has 20 heavy (non-hydrogen) atoms. The van der Waals surface area contributed by atoms with Crippen molar-refractivity contribution in [3.05, 3.63) is 0 Å². The smallest absolute Gasteiger partial charge is 0.368 e. The molecule has 0 amide bonds. The minimum absolute atomic E-state index is 0.177. The lowest BCUT2D eigenvalue weighted by Gasteiger charge is -2.30. The highest BCUT2D eigenvalue weighted by Crippen LogP contribution is 2.77. The zero-order chi connectivity index (χ0) is 16.8. The van der Waals surface area contributed by atoms with Crippen LogP contribution in [0, 0.1) is 0 Å². The fourth-order valence-corrected chi connectivity index (χ4v) is 6.64. The second-order valence-corrected chi connectivity index (χ2v) is 13.0. The molecule has 0 radical (unpaired) electrons. The predicted octanol–water partition coefficient (Wildman–Crippen LogP) is -0.259. The minimum Gasteiger partial charge on any atom is -0.368 e. The summed E-state index contributed by atoms with van der Waals surface area (Å²) < 4.78 is 48.4. The molecule has 12 nitrogen and oxygen atoms in total. The zero-order valence-corrected chi connectivity index (χ0v) is 13.6. The normalized spacial score (nSPS) is 24.2. The Morgan fingerprint density at radius 1 is 0.950 bits per heavy atom. The Morgan fingerprint density at radius 2 is 1.30 bits per heavy atom. The molecular formula is C4H14O12P4. The van der Waals surface area contributed by atoms with Crippen LogP contribution in [0.25, 0.3) is 0 Å². The molecule has 0 spiro atoms. The van der Waals surface area contributed by atoms with E-state index in [9.17, 15) is 33.2 Å². The molecule has 4 atom stereocenters. The standard InChI is InChI=1S/C4H14O12P4/c1-3(17(6,7)8)18(9,10)16-20(14,15)4(2,5)19(11,12)13/h3,5H,1-2H3,(H,9,10)(H,14,15)(H2,6,7,8)(H2,11,12,13). The van der Waals surface area contributed by atoms with Crippen LogP contribution in [0.15, 0.2) is 0 Å². The summed E-state index contributed by atoms with van der Waals surface area (Å²) in [5.74, 6) is 0. The monoisotopic (exact) mass is 378 g/mol. The van der Waals surface area contributed by atoms with Gasteiger partial charge < -0.3 is 34.5 Å². The Balaban J connectivity index is 5.63. The van der Waals surface area contributed by atoms with Gasteiger partial charge in [-0.1, -0.05) is 0 Å². The maximum absolute atomic E-state index is 11.5. The van der Waals surface area contributed by atoms with E-state index in [1.165, 1.54) is 0 Å². The van der Waals surface area contributed by atoms with Crippen molar-refractivity contribution in [3.8, 4) is 0 Å². The molecule has 0 aromatic rings. The van der Waals surface area contributed by atoms with Gasteiger partial charge in [0.15, 0.2) is 5.40 Å². The van der Waals surface area contributed by atoms with E-state index >= 15 is 0 Å². The Morgan fingerprint density at radius 3 is 1.55 bits per heavy atom. The zero-order valence-electron chi connectivity index (χ0n) is 10.0. The summed E-state index contributed by atoms with van der Waals surface area (Å²) >= 11 is 0. The molecule has 0 rings (SSSR count). The van der Waals surface area contributed by atoms with Crippen LogP contribution in [-0.2, 0) is 22.6 Å². The Kier molecular flexibility index (Phi) is 5.83. The molecule has 0 fully saturated rings. The Labute approximate surface area is 112 Å². The van der Waals surface area contributed by atoms with Crippen molar-refractivity contribution in [1.82, 2.24) is 0 Å². The average molecular weight is 378 g/mol. The van der Waals surface area contributed by atoms with Gasteiger partial charge in [-0.05, 0) is 13.8 Å². The van der Waals surface area contributed by atoms with Gasteiger partial charge in [0, 0.05) is 0 Å². The van der Waals surface area contributed by atoms with Gasteiger partial charge in [-0.2, -0.15) is 0 Å². The Bertz CT molecular complexity index is 552. The molecule has 4 unspecified atom stereocenters. The Hall–Kier alpha value is 0.600. The summed E-state index contributed by atoms with van der Waals surface area (Å²) in [6.45, 7) is 0.699. The lowest BCUT2D eigenvalue weighted by atomic mass is 10.9. The van der Waals surface area contributed by atoms with E-state index in [2.05, 4.69) is 4.31 Å². The largest absolute Gasteiger partial charge is 0.378 e. The van der Waals surface area contributed by atoms with Crippen LogP contribution >= 0.6 is 30.4 Å². The topological polar surface area (TPSA) is 219 Å². The van der Waals surface area contributed by atoms with E-state index in [0.717, 1.165) is 0 Å². The maximum Gasteiger partial charge on any atom is 0.378 e. The lowest BCUT2D eigenvalue weighted by molar-refractivity contribution is 0.146. The van der Waals surface area contributed by atoms with Crippen LogP contribution in [0.1, 0.15) is 13.8 Å². The van der Waals surface area contributed by atoms with Gasteiger partial charge >= 0.3 is 30.4 Å². The van der Waals surface area contributed by atoms with Crippen LogP contribution < -0.4 is 0 Å². The summed E-state index contributed by atoms with van der Waals surface area (Å²) in [5.41, 5.74) is 0. The summed E-state index contributed by atoms with van der Waals surface area (Å²) in [5, 5.41) is 3.13. The fourth-order valence-electron chi connectivity index (χ4n) is 0.659. The van der Waals surface area contributed by atoms with Crippen molar-refractivity contribution in [2.24, 2.45) is 0 Å². The number of rotatable bonds is 6. The molecule has 0 aliphatic rings. The van der Waals surface area contributed by atoms with Gasteiger partial charge in [-0.15, -0.1) is 0 Å². The molecular weight excluding hydrogens is 364 g/mol. The van der Waals surface area contributed by atoms with Crippen molar-refractivity contribution in [2.75, 3.05) is 0 Å². The van der Waals surface area contributed by atoms with E-state index in [0.29, 0.717) is 6.92 Å². The van der Waals surface area contributed by atoms with Crippen LogP contribution in [0.2, 0.25) is 0 Å². The molecule has 122 valence electrons. The van der Waals surface area contributed by atoms with Crippen LogP contribution in [0.4, 0.5) is 0 Å². The highest BCUT2D eigenvalue weighted by Gasteiger charge is 2.60. The third kappa shape index (κ3) is 4.30. The first-order valence-electron chi connectivity index (χ1n) is 4.56. The number of hydrogen-bond donors (Lipinski definition) is 7. The van der Waals surface area contributed by atoms with Gasteiger partial charge in [-0.25, -0.2) is 4.31 Å². The van der Waals surface area contributed by atoms with Crippen molar-refractivity contribution in [2.45, 2.75) is 24.3 Å². The van der Waals surface area contributed by atoms with E-state index in [1.54, 1.807) is 0 Å². The van der Waals surface area contributed by atoms with Crippen LogP contribution in [0.3, 0.4) is 0 Å². The van der Waals surface area contributed by atoms with Crippen LogP contribution in [0.5, 0.6) is 0 Å². The first kappa shape index (κ1) is 20.6. The second-order valence-electron chi connectivity index (χ2n) is 3.90. The lowest BCUT2D eigenvalue weighted by Crippen LogP contribution is -2.25. The first-order chi connectivity index (χ1) is 8.36. The molecule has 0 aliphatic heterocycles. The molecule has 0 bridgehead atoms. The third-order valence-electron chi connectivity index (χ3n) is 2.27. The highest BCUT2D eigenvalue weighted by atomic mass is 31.3. The number of aliphatic hydroxyl groups is 1. The molecule has 0 saturated heterocycles. The summed E-state index contributed by atoms with van der Waals surface area (Å²) in [6.07, 6.45) is 0. The summed E-state index contributed by atoms with van der Waals surface area (Å²) in [7, 11) is -22.2. The summed E-state index contributed by atoms with van der Waals surface area (Å²) in [4.78, 5) is 53.2. The maximum atomic E-state index is 11.5. The molecule has 0 aromatic carbocycles. The minimum atomic E-state index is -5.83. The SMILES string of the molecule is CC(P(=O)(O)O)P(=O)(O)OP(=O)(O)C(C)(O)P(=O)(O)O. The van der Waals surface area contributed by atoms with Crippen molar-refractivity contribution >= 4 is 30.4 Å². The molecule has 0 heterocycles. The van der Waals surface area contributed by atoms with E-state index in [-0.39, 0.29) is 6.92 Å². The fraction of sp³-hybridized carbons (Fsp3) is 1.00. The second kappa shape index (κ2) is 5.66.